The number of anilines is 2. The van der Waals surface area contributed by atoms with Crippen LogP contribution in [-0.2, 0) is 6.42 Å². The van der Waals surface area contributed by atoms with Gasteiger partial charge in [0.15, 0.2) is 0 Å². The van der Waals surface area contributed by atoms with Gasteiger partial charge in [-0.1, -0.05) is 15.9 Å². The summed E-state index contributed by atoms with van der Waals surface area (Å²) >= 11 is 3.44. The van der Waals surface area contributed by atoms with Crippen LogP contribution in [0.5, 0.6) is 0 Å². The van der Waals surface area contributed by atoms with E-state index >= 15 is 0 Å². The number of hydrogen-bond acceptors (Lipinski definition) is 2. The fourth-order valence-electron chi connectivity index (χ4n) is 2.46. The molecule has 102 valence electrons. The number of hydrogen-bond donors (Lipinski definition) is 2. The average Bonchev–Trinajstić information content (AvgIpc) is 2.84. The van der Waals surface area contributed by atoms with Gasteiger partial charge in [0.2, 0.25) is 0 Å². The first-order valence-electron chi connectivity index (χ1n) is 6.57. The number of fused-ring (bicyclic) bond motifs is 1. The van der Waals surface area contributed by atoms with Crippen molar-refractivity contribution in [2.75, 3.05) is 17.2 Å². The smallest absolute Gasteiger partial charge is 0.255 e. The summed E-state index contributed by atoms with van der Waals surface area (Å²) in [6.07, 6.45) is 0.979. The van der Waals surface area contributed by atoms with Crippen LogP contribution in [0.2, 0.25) is 0 Å². The van der Waals surface area contributed by atoms with Crippen molar-refractivity contribution in [2.24, 2.45) is 0 Å². The predicted octanol–water partition coefficient (Wildman–Crippen LogP) is 3.98. The van der Waals surface area contributed by atoms with Crippen molar-refractivity contribution in [1.82, 2.24) is 0 Å². The molecule has 1 aliphatic heterocycles. The van der Waals surface area contributed by atoms with Crippen LogP contribution < -0.4 is 10.6 Å². The minimum atomic E-state index is -0.0720. The normalized spacial score (nSPS) is 12.7. The SMILES string of the molecule is Cc1cc(Br)cc(NC(=O)c2ccc3c(c2)CCN3)c1. The second-order valence-electron chi connectivity index (χ2n) is 5.02. The molecule has 0 bridgehead atoms. The van der Waals surface area contributed by atoms with Gasteiger partial charge in [0.1, 0.15) is 0 Å². The van der Waals surface area contributed by atoms with E-state index in [1.54, 1.807) is 0 Å². The summed E-state index contributed by atoms with van der Waals surface area (Å²) in [4.78, 5) is 12.3. The molecule has 0 unspecified atom stereocenters. The van der Waals surface area contributed by atoms with Crippen molar-refractivity contribution in [3.63, 3.8) is 0 Å². The molecule has 3 nitrogen and oxygen atoms in total. The highest BCUT2D eigenvalue weighted by Crippen LogP contribution is 2.24. The monoisotopic (exact) mass is 330 g/mol. The van der Waals surface area contributed by atoms with Crippen LogP contribution in [0.3, 0.4) is 0 Å². The molecule has 0 radical (unpaired) electrons. The highest BCUT2D eigenvalue weighted by Gasteiger charge is 2.13. The predicted molar refractivity (Wildman–Crippen MR) is 85.5 cm³/mol. The molecule has 2 N–H and O–H groups in total. The molecule has 1 aliphatic rings. The molecule has 0 fully saturated rings. The third-order valence-corrected chi connectivity index (χ3v) is 3.84. The van der Waals surface area contributed by atoms with Crippen LogP contribution in [0.1, 0.15) is 21.5 Å². The molecule has 0 aliphatic carbocycles. The maximum absolute atomic E-state index is 12.3. The zero-order valence-electron chi connectivity index (χ0n) is 11.2. The summed E-state index contributed by atoms with van der Waals surface area (Å²) in [7, 11) is 0. The summed E-state index contributed by atoms with van der Waals surface area (Å²) in [5.74, 6) is -0.0720. The third kappa shape index (κ3) is 2.70. The Morgan fingerprint density at radius 1 is 1.25 bits per heavy atom. The molecule has 3 rings (SSSR count). The van der Waals surface area contributed by atoms with Crippen molar-refractivity contribution >= 4 is 33.2 Å². The van der Waals surface area contributed by atoms with Crippen LogP contribution in [-0.4, -0.2) is 12.5 Å². The minimum Gasteiger partial charge on any atom is -0.384 e. The molecule has 2 aromatic carbocycles. The van der Waals surface area contributed by atoms with E-state index in [0.717, 1.165) is 34.4 Å². The van der Waals surface area contributed by atoms with E-state index in [1.165, 1.54) is 5.56 Å². The van der Waals surface area contributed by atoms with Crippen molar-refractivity contribution in [3.05, 3.63) is 57.6 Å². The van der Waals surface area contributed by atoms with E-state index in [0.29, 0.717) is 5.56 Å². The lowest BCUT2D eigenvalue weighted by Gasteiger charge is -2.08. The molecule has 1 heterocycles. The van der Waals surface area contributed by atoms with Crippen LogP contribution >= 0.6 is 15.9 Å². The van der Waals surface area contributed by atoms with Gasteiger partial charge in [0.25, 0.3) is 5.91 Å². The zero-order valence-corrected chi connectivity index (χ0v) is 12.8. The molecule has 0 atom stereocenters. The van der Waals surface area contributed by atoms with Gasteiger partial charge in [-0.25, -0.2) is 0 Å². The second kappa shape index (κ2) is 5.29. The lowest BCUT2D eigenvalue weighted by molar-refractivity contribution is 0.102. The van der Waals surface area contributed by atoms with Gasteiger partial charge in [-0.05, 0) is 60.9 Å². The maximum Gasteiger partial charge on any atom is 0.255 e. The lowest BCUT2D eigenvalue weighted by Crippen LogP contribution is -2.12. The van der Waals surface area contributed by atoms with Gasteiger partial charge in [-0.3, -0.25) is 4.79 Å². The first-order chi connectivity index (χ1) is 9.61. The van der Waals surface area contributed by atoms with Crippen LogP contribution in [0.25, 0.3) is 0 Å². The Hall–Kier alpha value is -1.81. The minimum absolute atomic E-state index is 0.0720. The number of amides is 1. The number of halogens is 1. The largest absolute Gasteiger partial charge is 0.384 e. The van der Waals surface area contributed by atoms with E-state index < -0.39 is 0 Å². The first kappa shape index (κ1) is 13.2. The number of rotatable bonds is 2. The molecule has 0 saturated carbocycles. The van der Waals surface area contributed by atoms with Crippen LogP contribution in [0, 0.1) is 6.92 Å². The van der Waals surface area contributed by atoms with E-state index in [9.17, 15) is 4.79 Å². The van der Waals surface area contributed by atoms with Crippen molar-refractivity contribution < 1.29 is 4.79 Å². The van der Waals surface area contributed by atoms with Gasteiger partial charge in [0, 0.05) is 28.0 Å². The van der Waals surface area contributed by atoms with Gasteiger partial charge < -0.3 is 10.6 Å². The number of benzene rings is 2. The second-order valence-corrected chi connectivity index (χ2v) is 5.94. The topological polar surface area (TPSA) is 41.1 Å². The van der Waals surface area contributed by atoms with Gasteiger partial charge in [-0.2, -0.15) is 0 Å². The van der Waals surface area contributed by atoms with E-state index in [4.69, 9.17) is 0 Å². The molecule has 0 aromatic heterocycles. The maximum atomic E-state index is 12.3. The fraction of sp³-hybridized carbons (Fsp3) is 0.188. The summed E-state index contributed by atoms with van der Waals surface area (Å²) in [6.45, 7) is 2.95. The third-order valence-electron chi connectivity index (χ3n) is 3.38. The zero-order chi connectivity index (χ0) is 14.1. The van der Waals surface area contributed by atoms with Gasteiger partial charge in [-0.15, -0.1) is 0 Å². The number of carbonyl (C=O) groups excluding carboxylic acids is 1. The Labute approximate surface area is 126 Å². The van der Waals surface area contributed by atoms with Crippen LogP contribution in [0.15, 0.2) is 40.9 Å². The summed E-state index contributed by atoms with van der Waals surface area (Å²) in [5, 5.41) is 6.23. The van der Waals surface area contributed by atoms with Crippen molar-refractivity contribution in [2.45, 2.75) is 13.3 Å². The Morgan fingerprint density at radius 2 is 2.10 bits per heavy atom. The highest BCUT2D eigenvalue weighted by molar-refractivity contribution is 9.10. The Balaban J connectivity index is 1.82. The standard InChI is InChI=1S/C16H15BrN2O/c1-10-6-13(17)9-14(7-10)19-16(20)12-2-3-15-11(8-12)4-5-18-15/h2-3,6-9,18H,4-5H2,1H3,(H,19,20). The van der Waals surface area contributed by atoms with E-state index in [1.807, 2.05) is 43.3 Å². The van der Waals surface area contributed by atoms with Crippen LogP contribution in [0.4, 0.5) is 11.4 Å². The fourth-order valence-corrected chi connectivity index (χ4v) is 3.07. The molecule has 2 aromatic rings. The summed E-state index contributed by atoms with van der Waals surface area (Å²) in [5.41, 5.74) is 4.96. The first-order valence-corrected chi connectivity index (χ1v) is 7.36. The molecule has 1 amide bonds. The van der Waals surface area contributed by atoms with E-state index in [-0.39, 0.29) is 5.91 Å². The molecule has 4 heteroatoms. The Kier molecular flexibility index (Phi) is 3.49. The molecule has 0 saturated heterocycles. The molecule has 0 spiro atoms. The van der Waals surface area contributed by atoms with E-state index in [2.05, 4.69) is 26.6 Å². The average molecular weight is 331 g/mol. The van der Waals surface area contributed by atoms with Crippen molar-refractivity contribution in [1.29, 1.82) is 0 Å². The molecular formula is C16H15BrN2O. The Morgan fingerprint density at radius 3 is 2.90 bits per heavy atom. The highest BCUT2D eigenvalue weighted by atomic mass is 79.9. The number of aryl methyl sites for hydroxylation is 1. The quantitative estimate of drug-likeness (QED) is 0.874. The Bertz CT molecular complexity index is 662. The number of carbonyl (C=O) groups is 1. The lowest BCUT2D eigenvalue weighted by atomic mass is 10.1. The van der Waals surface area contributed by atoms with Gasteiger partial charge >= 0.3 is 0 Å². The summed E-state index contributed by atoms with van der Waals surface area (Å²) < 4.78 is 0.964. The summed E-state index contributed by atoms with van der Waals surface area (Å²) in [6, 6.07) is 11.7. The van der Waals surface area contributed by atoms with Crippen molar-refractivity contribution in [3.8, 4) is 0 Å². The number of nitrogens with one attached hydrogen (secondary N) is 2. The van der Waals surface area contributed by atoms with Gasteiger partial charge in [0.05, 0.1) is 0 Å². The molecule has 20 heavy (non-hydrogen) atoms. The molecular weight excluding hydrogens is 316 g/mol.